The molecule has 122 valence electrons. The van der Waals surface area contributed by atoms with E-state index in [0.29, 0.717) is 17.3 Å². The first-order valence-corrected chi connectivity index (χ1v) is 7.38. The van der Waals surface area contributed by atoms with Crippen LogP contribution in [-0.2, 0) is 11.3 Å². The highest BCUT2D eigenvalue weighted by Gasteiger charge is 2.09. The Morgan fingerprint density at radius 3 is 2.58 bits per heavy atom. The number of aryl methyl sites for hydroxylation is 2. The Morgan fingerprint density at radius 1 is 1.21 bits per heavy atom. The van der Waals surface area contributed by atoms with Gasteiger partial charge in [-0.25, -0.2) is 4.98 Å². The summed E-state index contributed by atoms with van der Waals surface area (Å²) >= 11 is 0. The van der Waals surface area contributed by atoms with Gasteiger partial charge < -0.3 is 9.84 Å². The average molecular weight is 324 g/mol. The minimum atomic E-state index is -0.379. The molecule has 0 aliphatic carbocycles. The zero-order valence-corrected chi connectivity index (χ0v) is 13.3. The molecule has 0 fully saturated rings. The molecular weight excluding hydrogens is 308 g/mol. The first-order valence-electron chi connectivity index (χ1n) is 7.38. The molecule has 7 nitrogen and oxygen atoms in total. The molecule has 0 saturated heterocycles. The van der Waals surface area contributed by atoms with Gasteiger partial charge >= 0.3 is 0 Å². The third-order valence-corrected chi connectivity index (χ3v) is 3.44. The van der Waals surface area contributed by atoms with Crippen molar-refractivity contribution < 1.29 is 9.32 Å². The number of nitrogens with one attached hydrogen (secondary N) is 1. The summed E-state index contributed by atoms with van der Waals surface area (Å²) in [7, 11) is 0. The number of hydrogen-bond donors (Lipinski definition) is 1. The molecule has 0 saturated carbocycles. The van der Waals surface area contributed by atoms with Crippen LogP contribution in [0.3, 0.4) is 0 Å². The van der Waals surface area contributed by atoms with Crippen LogP contribution in [0.25, 0.3) is 11.3 Å². The zero-order valence-electron chi connectivity index (χ0n) is 13.3. The topological polar surface area (TPSA) is 90.0 Å². The van der Waals surface area contributed by atoms with E-state index in [1.807, 2.05) is 31.2 Å². The Balaban J connectivity index is 1.74. The van der Waals surface area contributed by atoms with E-state index >= 15 is 0 Å². The predicted molar refractivity (Wildman–Crippen MR) is 88.5 cm³/mol. The molecule has 3 rings (SSSR count). The highest BCUT2D eigenvalue weighted by atomic mass is 16.5. The molecule has 1 amide bonds. The first kappa shape index (κ1) is 15.7. The summed E-state index contributed by atoms with van der Waals surface area (Å²) < 4.78 is 6.10. The van der Waals surface area contributed by atoms with Crippen molar-refractivity contribution in [1.29, 1.82) is 0 Å². The van der Waals surface area contributed by atoms with E-state index in [-0.39, 0.29) is 18.0 Å². The lowest BCUT2D eigenvalue weighted by Gasteiger charge is -2.06. The van der Waals surface area contributed by atoms with Crippen molar-refractivity contribution in [3.8, 4) is 11.3 Å². The first-order chi connectivity index (χ1) is 11.5. The van der Waals surface area contributed by atoms with Crippen LogP contribution in [0.15, 0.2) is 52.0 Å². The second kappa shape index (κ2) is 6.49. The fourth-order valence-corrected chi connectivity index (χ4v) is 2.19. The van der Waals surface area contributed by atoms with Crippen molar-refractivity contribution in [3.63, 3.8) is 0 Å². The second-order valence-electron chi connectivity index (χ2n) is 5.48. The third kappa shape index (κ3) is 3.57. The molecule has 24 heavy (non-hydrogen) atoms. The molecule has 7 heteroatoms. The summed E-state index contributed by atoms with van der Waals surface area (Å²) in [4.78, 5) is 28.4. The smallest absolute Gasteiger partial charge is 0.254 e. The number of aromatic nitrogens is 3. The van der Waals surface area contributed by atoms with Gasteiger partial charge in [0.15, 0.2) is 5.82 Å². The van der Waals surface area contributed by atoms with Crippen molar-refractivity contribution in [3.05, 3.63) is 64.4 Å². The van der Waals surface area contributed by atoms with E-state index < -0.39 is 0 Å². The molecule has 0 atom stereocenters. The molecule has 0 aliphatic heterocycles. The van der Waals surface area contributed by atoms with Crippen LogP contribution in [-0.4, -0.2) is 20.6 Å². The second-order valence-corrected chi connectivity index (χ2v) is 5.48. The fraction of sp³-hybridized carbons (Fsp3) is 0.176. The quantitative estimate of drug-likeness (QED) is 0.794. The highest BCUT2D eigenvalue weighted by molar-refractivity contribution is 5.89. The monoisotopic (exact) mass is 324 g/mol. The number of amides is 1. The number of rotatable bonds is 4. The summed E-state index contributed by atoms with van der Waals surface area (Å²) in [6, 6.07) is 10.7. The van der Waals surface area contributed by atoms with Crippen LogP contribution in [0, 0.1) is 13.8 Å². The lowest BCUT2D eigenvalue weighted by Crippen LogP contribution is -2.27. The van der Waals surface area contributed by atoms with Crippen LogP contribution in [0.1, 0.15) is 11.3 Å². The predicted octanol–water partition coefficient (Wildman–Crippen LogP) is 2.15. The van der Waals surface area contributed by atoms with Gasteiger partial charge in [-0.3, -0.25) is 14.2 Å². The van der Waals surface area contributed by atoms with Crippen LogP contribution in [0.5, 0.6) is 0 Å². The highest BCUT2D eigenvalue weighted by Crippen LogP contribution is 2.15. The van der Waals surface area contributed by atoms with E-state index in [1.54, 1.807) is 13.0 Å². The maximum absolute atomic E-state index is 12.2. The Bertz CT molecular complexity index is 926. The van der Waals surface area contributed by atoms with Gasteiger partial charge in [-0.1, -0.05) is 35.0 Å². The van der Waals surface area contributed by atoms with Gasteiger partial charge in [-0.2, -0.15) is 0 Å². The molecule has 3 aromatic rings. The minimum Gasteiger partial charge on any atom is -0.360 e. The summed E-state index contributed by atoms with van der Waals surface area (Å²) in [5, 5.41) is 6.23. The summed E-state index contributed by atoms with van der Waals surface area (Å²) in [6.07, 6.45) is 1.37. The molecule has 0 spiro atoms. The zero-order chi connectivity index (χ0) is 17.1. The van der Waals surface area contributed by atoms with Crippen LogP contribution >= 0.6 is 0 Å². The van der Waals surface area contributed by atoms with E-state index in [0.717, 1.165) is 11.1 Å². The normalized spacial score (nSPS) is 10.6. The number of benzene rings is 1. The van der Waals surface area contributed by atoms with Crippen LogP contribution < -0.4 is 10.9 Å². The van der Waals surface area contributed by atoms with Gasteiger partial charge in [-0.15, -0.1) is 0 Å². The third-order valence-electron chi connectivity index (χ3n) is 3.44. The van der Waals surface area contributed by atoms with Gasteiger partial charge in [0, 0.05) is 17.7 Å². The molecule has 1 aromatic carbocycles. The van der Waals surface area contributed by atoms with Gasteiger partial charge in [0.25, 0.3) is 5.56 Å². The van der Waals surface area contributed by atoms with Crippen molar-refractivity contribution >= 4 is 11.7 Å². The lowest BCUT2D eigenvalue weighted by molar-refractivity contribution is -0.116. The number of hydrogen-bond acceptors (Lipinski definition) is 5. The van der Waals surface area contributed by atoms with E-state index in [2.05, 4.69) is 15.5 Å². The van der Waals surface area contributed by atoms with Crippen molar-refractivity contribution in [2.75, 3.05) is 5.32 Å². The SMILES string of the molecule is Cc1ccc(-c2cc(=O)n(CC(=O)Nc3cc(C)on3)cn2)cc1. The lowest BCUT2D eigenvalue weighted by atomic mass is 10.1. The molecule has 0 bridgehead atoms. The molecule has 2 aromatic heterocycles. The average Bonchev–Trinajstić information content (AvgIpc) is 2.95. The summed E-state index contributed by atoms with van der Waals surface area (Å²) in [6.45, 7) is 3.57. The van der Waals surface area contributed by atoms with Gasteiger partial charge in [0.2, 0.25) is 5.91 Å². The Labute approximate surface area is 137 Å². The molecule has 2 heterocycles. The van der Waals surface area contributed by atoms with Crippen LogP contribution in [0.2, 0.25) is 0 Å². The maximum atomic E-state index is 12.2. The van der Waals surface area contributed by atoms with E-state index in [4.69, 9.17) is 4.52 Å². The van der Waals surface area contributed by atoms with Crippen molar-refractivity contribution in [2.45, 2.75) is 20.4 Å². The molecule has 0 unspecified atom stereocenters. The minimum absolute atomic E-state index is 0.147. The van der Waals surface area contributed by atoms with Crippen molar-refractivity contribution in [1.82, 2.24) is 14.7 Å². The molecule has 0 aliphatic rings. The van der Waals surface area contributed by atoms with Crippen LogP contribution in [0.4, 0.5) is 5.82 Å². The van der Waals surface area contributed by atoms with Gasteiger partial charge in [0.05, 0.1) is 12.0 Å². The van der Waals surface area contributed by atoms with Gasteiger partial charge in [-0.05, 0) is 13.8 Å². The Hall–Kier alpha value is -3.22. The standard InChI is InChI=1S/C17H16N4O3/c1-11-3-5-13(6-4-11)14-8-17(23)21(10-18-14)9-16(22)19-15-7-12(2)24-20-15/h3-8,10H,9H2,1-2H3,(H,19,20,22). The van der Waals surface area contributed by atoms with E-state index in [9.17, 15) is 9.59 Å². The maximum Gasteiger partial charge on any atom is 0.254 e. The number of anilines is 1. The van der Waals surface area contributed by atoms with E-state index in [1.165, 1.54) is 17.0 Å². The van der Waals surface area contributed by atoms with Gasteiger partial charge in [0.1, 0.15) is 12.3 Å². The largest absolute Gasteiger partial charge is 0.360 e. The number of carbonyl (C=O) groups is 1. The molecular formula is C17H16N4O3. The Morgan fingerprint density at radius 2 is 1.96 bits per heavy atom. The number of carbonyl (C=O) groups excluding carboxylic acids is 1. The fourth-order valence-electron chi connectivity index (χ4n) is 2.19. The molecule has 0 radical (unpaired) electrons. The Kier molecular flexibility index (Phi) is 4.24. The number of nitrogens with zero attached hydrogens (tertiary/aromatic N) is 3. The molecule has 1 N–H and O–H groups in total. The van der Waals surface area contributed by atoms with Crippen molar-refractivity contribution in [2.24, 2.45) is 0 Å². The summed E-state index contributed by atoms with van der Waals surface area (Å²) in [5.41, 5.74) is 2.26. The summed E-state index contributed by atoms with van der Waals surface area (Å²) in [5.74, 6) is 0.525.